The number of para-hydroxylation sites is 1. The normalized spacial score (nSPS) is 10.7. The van der Waals surface area contributed by atoms with E-state index < -0.39 is 0 Å². The Bertz CT molecular complexity index is 741. The van der Waals surface area contributed by atoms with Crippen LogP contribution >= 0.6 is 24.0 Å². The van der Waals surface area contributed by atoms with Gasteiger partial charge in [-0.1, -0.05) is 29.5 Å². The molecule has 0 atom stereocenters. The summed E-state index contributed by atoms with van der Waals surface area (Å²) in [5, 5.41) is 8.99. The molecule has 0 N–H and O–H groups in total. The molecule has 5 nitrogen and oxygen atoms in total. The molecule has 3 rings (SSSR count). The molecule has 0 aliphatic rings. The molecular weight excluding hydrogens is 268 g/mol. The molecule has 0 aliphatic carbocycles. The predicted molar refractivity (Wildman–Crippen MR) is 71.1 cm³/mol. The summed E-state index contributed by atoms with van der Waals surface area (Å²) < 4.78 is 0.536. The van der Waals surface area contributed by atoms with Crippen LogP contribution in [0.2, 0.25) is 0 Å². The average Bonchev–Trinajstić information content (AvgIpc) is 2.84. The van der Waals surface area contributed by atoms with E-state index in [1.165, 1.54) is 11.3 Å². The first-order chi connectivity index (χ1) is 8.78. The van der Waals surface area contributed by atoms with Crippen molar-refractivity contribution < 1.29 is 4.79 Å². The van der Waals surface area contributed by atoms with Crippen LogP contribution in [0, 0.1) is 0 Å². The third-order valence-corrected chi connectivity index (χ3v) is 3.44. The van der Waals surface area contributed by atoms with Gasteiger partial charge in [0.1, 0.15) is 5.69 Å². The van der Waals surface area contributed by atoms with Crippen LogP contribution in [0.5, 0.6) is 0 Å². The molecule has 2 heterocycles. The van der Waals surface area contributed by atoms with Crippen LogP contribution in [0.25, 0.3) is 21.7 Å². The van der Waals surface area contributed by atoms with Gasteiger partial charge in [-0.25, -0.2) is 9.97 Å². The minimum atomic E-state index is 0.353. The molecule has 0 saturated heterocycles. The highest BCUT2D eigenvalue weighted by Gasteiger charge is 2.12. The summed E-state index contributed by atoms with van der Waals surface area (Å²) in [6, 6.07) is 7.34. The van der Waals surface area contributed by atoms with Crippen molar-refractivity contribution in [2.45, 2.75) is 4.34 Å². The molecule has 18 heavy (non-hydrogen) atoms. The average molecular weight is 274 g/mol. The van der Waals surface area contributed by atoms with Gasteiger partial charge in [-0.15, -0.1) is 22.8 Å². The number of fused-ring (bicyclic) bond motifs is 1. The van der Waals surface area contributed by atoms with E-state index in [1.54, 1.807) is 0 Å². The molecule has 0 saturated carbocycles. The van der Waals surface area contributed by atoms with E-state index in [0.29, 0.717) is 26.4 Å². The number of aldehydes is 1. The molecule has 0 spiro atoms. The Hall–Kier alpha value is -1.86. The van der Waals surface area contributed by atoms with Crippen LogP contribution in [-0.2, 0) is 0 Å². The number of thiol groups is 1. The monoisotopic (exact) mass is 274 g/mol. The van der Waals surface area contributed by atoms with Gasteiger partial charge in [0, 0.05) is 5.39 Å². The van der Waals surface area contributed by atoms with Crippen molar-refractivity contribution in [2.24, 2.45) is 0 Å². The van der Waals surface area contributed by atoms with E-state index in [0.717, 1.165) is 11.7 Å². The number of aromatic nitrogens is 4. The molecule has 0 aliphatic heterocycles. The third kappa shape index (κ3) is 1.87. The third-order valence-electron chi connectivity index (χ3n) is 2.35. The molecule has 0 bridgehead atoms. The van der Waals surface area contributed by atoms with Crippen LogP contribution in [-0.4, -0.2) is 26.5 Å². The van der Waals surface area contributed by atoms with Crippen molar-refractivity contribution in [1.82, 2.24) is 20.2 Å². The zero-order chi connectivity index (χ0) is 12.5. The van der Waals surface area contributed by atoms with E-state index in [9.17, 15) is 4.79 Å². The topological polar surface area (TPSA) is 68.6 Å². The summed E-state index contributed by atoms with van der Waals surface area (Å²) in [6.07, 6.45) is 0.718. The lowest BCUT2D eigenvalue weighted by atomic mass is 10.2. The van der Waals surface area contributed by atoms with Gasteiger partial charge >= 0.3 is 0 Å². The molecule has 7 heteroatoms. The lowest BCUT2D eigenvalue weighted by molar-refractivity contribution is 0.112. The molecule has 0 fully saturated rings. The molecule has 3 aromatic rings. The minimum absolute atomic E-state index is 0.353. The first kappa shape index (κ1) is 11.2. The predicted octanol–water partition coefficient (Wildman–Crippen LogP) is 2.25. The van der Waals surface area contributed by atoms with Gasteiger partial charge in [0.25, 0.3) is 0 Å². The second kappa shape index (κ2) is 4.43. The fourth-order valence-corrected chi connectivity index (χ4v) is 2.42. The Morgan fingerprint density at radius 1 is 1.17 bits per heavy atom. The molecule has 88 valence electrons. The summed E-state index contributed by atoms with van der Waals surface area (Å²) in [5.41, 5.74) is 1.06. The molecule has 0 radical (unpaired) electrons. The SMILES string of the molecule is O=Cc1nc(-c2nnc(S)s2)nc2ccccc12. The maximum absolute atomic E-state index is 11.1. The molecule has 0 unspecified atom stereocenters. The molecule has 2 aromatic heterocycles. The summed E-state index contributed by atoms with van der Waals surface area (Å²) in [7, 11) is 0. The van der Waals surface area contributed by atoms with E-state index >= 15 is 0 Å². The standard InChI is InChI=1S/C11H6N4OS2/c16-5-8-6-3-1-2-4-7(6)12-9(13-8)10-14-15-11(17)18-10/h1-5H,(H,15,17). The van der Waals surface area contributed by atoms with Gasteiger partial charge in [0.05, 0.1) is 5.52 Å². The Balaban J connectivity index is 2.28. The molecular formula is C11H6N4OS2. The fraction of sp³-hybridized carbons (Fsp3) is 0. The van der Waals surface area contributed by atoms with E-state index in [-0.39, 0.29) is 0 Å². The van der Waals surface area contributed by atoms with Crippen LogP contribution in [0.15, 0.2) is 28.6 Å². The Kier molecular flexibility index (Phi) is 2.77. The number of hydrogen-bond donors (Lipinski definition) is 1. The Labute approximate surface area is 111 Å². The van der Waals surface area contributed by atoms with E-state index in [2.05, 4.69) is 32.8 Å². The van der Waals surface area contributed by atoms with Crippen molar-refractivity contribution in [2.75, 3.05) is 0 Å². The van der Waals surface area contributed by atoms with E-state index in [1.807, 2.05) is 24.3 Å². The molecule has 1 aromatic carbocycles. The van der Waals surface area contributed by atoms with Gasteiger partial charge in [0.15, 0.2) is 21.5 Å². The summed E-state index contributed by atoms with van der Waals surface area (Å²) in [5.74, 6) is 0.397. The highest BCUT2D eigenvalue weighted by molar-refractivity contribution is 7.82. The zero-order valence-electron chi connectivity index (χ0n) is 8.94. The second-order valence-electron chi connectivity index (χ2n) is 3.46. The maximum atomic E-state index is 11.1. The number of rotatable bonds is 2. The summed E-state index contributed by atoms with van der Waals surface area (Å²) in [6.45, 7) is 0. The first-order valence-corrected chi connectivity index (χ1v) is 6.29. The number of carbonyl (C=O) groups excluding carboxylic acids is 1. The summed E-state index contributed by atoms with van der Waals surface area (Å²) in [4.78, 5) is 19.6. The van der Waals surface area contributed by atoms with Crippen molar-refractivity contribution in [3.63, 3.8) is 0 Å². The lowest BCUT2D eigenvalue weighted by Crippen LogP contribution is -1.96. The van der Waals surface area contributed by atoms with E-state index in [4.69, 9.17) is 0 Å². The quantitative estimate of drug-likeness (QED) is 0.573. The van der Waals surface area contributed by atoms with Crippen molar-refractivity contribution in [1.29, 1.82) is 0 Å². The number of nitrogens with zero attached hydrogens (tertiary/aromatic N) is 4. The highest BCUT2D eigenvalue weighted by atomic mass is 32.2. The van der Waals surface area contributed by atoms with Crippen molar-refractivity contribution in [3.05, 3.63) is 30.0 Å². The minimum Gasteiger partial charge on any atom is -0.296 e. The van der Waals surface area contributed by atoms with Gasteiger partial charge in [-0.2, -0.15) is 0 Å². The Morgan fingerprint density at radius 2 is 2.00 bits per heavy atom. The van der Waals surface area contributed by atoms with Crippen LogP contribution in [0.1, 0.15) is 10.5 Å². The van der Waals surface area contributed by atoms with Gasteiger partial charge in [0.2, 0.25) is 0 Å². The second-order valence-corrected chi connectivity index (χ2v) is 5.16. The van der Waals surface area contributed by atoms with Crippen LogP contribution < -0.4 is 0 Å². The largest absolute Gasteiger partial charge is 0.296 e. The van der Waals surface area contributed by atoms with Gasteiger partial charge in [-0.05, 0) is 6.07 Å². The Morgan fingerprint density at radius 3 is 2.72 bits per heavy atom. The zero-order valence-corrected chi connectivity index (χ0v) is 10.7. The van der Waals surface area contributed by atoms with Gasteiger partial charge in [-0.3, -0.25) is 4.79 Å². The van der Waals surface area contributed by atoms with Crippen LogP contribution in [0.3, 0.4) is 0 Å². The van der Waals surface area contributed by atoms with Gasteiger partial charge < -0.3 is 0 Å². The summed E-state index contributed by atoms with van der Waals surface area (Å²) >= 11 is 5.37. The first-order valence-electron chi connectivity index (χ1n) is 5.03. The maximum Gasteiger partial charge on any atom is 0.192 e. The van der Waals surface area contributed by atoms with Crippen LogP contribution in [0.4, 0.5) is 0 Å². The fourth-order valence-electron chi connectivity index (χ4n) is 1.59. The number of hydrogen-bond acceptors (Lipinski definition) is 7. The highest BCUT2D eigenvalue weighted by Crippen LogP contribution is 2.24. The lowest BCUT2D eigenvalue weighted by Gasteiger charge is -2.01. The molecule has 0 amide bonds. The van der Waals surface area contributed by atoms with Crippen molar-refractivity contribution >= 4 is 41.2 Å². The number of benzene rings is 1. The number of carbonyl (C=O) groups is 1. The van der Waals surface area contributed by atoms with Crippen molar-refractivity contribution in [3.8, 4) is 10.8 Å². The smallest absolute Gasteiger partial charge is 0.192 e.